The van der Waals surface area contributed by atoms with Crippen LogP contribution in [0.15, 0.2) is 27.6 Å². The molecule has 0 aliphatic rings. The summed E-state index contributed by atoms with van der Waals surface area (Å²) in [6, 6.07) is 2.14. The number of halogens is 1. The Morgan fingerprint density at radius 3 is 2.74 bits per heavy atom. The molecular formula is C12H15BrN2O4. The number of carbonyl (C=O) groups excluding carboxylic acids is 1. The maximum absolute atomic E-state index is 11.6. The van der Waals surface area contributed by atoms with Gasteiger partial charge in [-0.05, 0) is 28.4 Å². The predicted molar refractivity (Wildman–Crippen MR) is 72.9 cm³/mol. The van der Waals surface area contributed by atoms with Crippen molar-refractivity contribution >= 4 is 27.8 Å². The number of nitrogens with one attached hydrogen (secondary N) is 1. The molecule has 1 heterocycles. The van der Waals surface area contributed by atoms with Crippen LogP contribution in [0.3, 0.4) is 0 Å². The van der Waals surface area contributed by atoms with E-state index in [0.717, 1.165) is 4.47 Å². The lowest BCUT2D eigenvalue weighted by Crippen LogP contribution is -2.40. The quantitative estimate of drug-likeness (QED) is 0.813. The van der Waals surface area contributed by atoms with Gasteiger partial charge in [0.15, 0.2) is 0 Å². The maximum Gasteiger partial charge on any atom is 0.326 e. The van der Waals surface area contributed by atoms with Crippen LogP contribution in [0.5, 0.6) is 0 Å². The van der Waals surface area contributed by atoms with E-state index in [9.17, 15) is 14.4 Å². The number of hydrogen-bond acceptors (Lipinski definition) is 3. The number of hydrogen-bond donors (Lipinski definition) is 2. The normalized spacial score (nSPS) is 11.9. The van der Waals surface area contributed by atoms with Crippen molar-refractivity contribution in [3.8, 4) is 0 Å². The second-order valence-electron chi connectivity index (χ2n) is 4.00. The number of carboxylic acids is 1. The smallest absolute Gasteiger partial charge is 0.326 e. The molecule has 0 aliphatic carbocycles. The molecule has 19 heavy (non-hydrogen) atoms. The minimum absolute atomic E-state index is 0.0557. The van der Waals surface area contributed by atoms with Crippen molar-refractivity contribution in [3.63, 3.8) is 0 Å². The van der Waals surface area contributed by atoms with E-state index in [-0.39, 0.29) is 24.4 Å². The van der Waals surface area contributed by atoms with Crippen LogP contribution in [-0.2, 0) is 16.1 Å². The number of amides is 1. The van der Waals surface area contributed by atoms with Gasteiger partial charge in [-0.25, -0.2) is 4.79 Å². The summed E-state index contributed by atoms with van der Waals surface area (Å²) in [4.78, 5) is 33.8. The van der Waals surface area contributed by atoms with E-state index >= 15 is 0 Å². The summed E-state index contributed by atoms with van der Waals surface area (Å²) in [5, 5.41) is 11.2. The first-order valence-corrected chi connectivity index (χ1v) is 6.61. The van der Waals surface area contributed by atoms with Gasteiger partial charge in [0.05, 0.1) is 0 Å². The zero-order valence-corrected chi connectivity index (χ0v) is 12.0. The Kier molecular flexibility index (Phi) is 5.75. The average molecular weight is 331 g/mol. The van der Waals surface area contributed by atoms with E-state index in [1.54, 1.807) is 19.2 Å². The largest absolute Gasteiger partial charge is 0.480 e. The summed E-state index contributed by atoms with van der Waals surface area (Å²) in [6.45, 7) is 1.89. The van der Waals surface area contributed by atoms with Crippen LogP contribution in [0, 0.1) is 0 Å². The first-order chi connectivity index (χ1) is 8.93. The Balaban J connectivity index is 2.57. The molecule has 0 bridgehead atoms. The molecule has 0 radical (unpaired) electrons. The van der Waals surface area contributed by atoms with Gasteiger partial charge in [0.2, 0.25) is 5.91 Å². The van der Waals surface area contributed by atoms with Crippen molar-refractivity contribution in [2.24, 2.45) is 0 Å². The highest BCUT2D eigenvalue weighted by atomic mass is 79.9. The minimum atomic E-state index is -1.06. The number of carboxylic acid groups (broad SMARTS) is 1. The molecule has 0 aromatic carbocycles. The van der Waals surface area contributed by atoms with Crippen LogP contribution in [0.2, 0.25) is 0 Å². The fourth-order valence-electron chi connectivity index (χ4n) is 1.50. The Hall–Kier alpha value is -1.63. The highest BCUT2D eigenvalue weighted by Crippen LogP contribution is 2.05. The number of aliphatic carboxylic acids is 1. The third-order valence-electron chi connectivity index (χ3n) is 2.57. The number of pyridine rings is 1. The topological polar surface area (TPSA) is 88.4 Å². The zero-order chi connectivity index (χ0) is 14.4. The predicted octanol–water partition coefficient (Wildman–Crippen LogP) is 0.980. The number of aryl methyl sites for hydroxylation is 1. The Morgan fingerprint density at radius 1 is 1.47 bits per heavy atom. The van der Waals surface area contributed by atoms with E-state index in [1.165, 1.54) is 10.6 Å². The third kappa shape index (κ3) is 4.86. The lowest BCUT2D eigenvalue weighted by molar-refractivity contribution is -0.141. The van der Waals surface area contributed by atoms with Gasteiger partial charge >= 0.3 is 5.97 Å². The second-order valence-corrected chi connectivity index (χ2v) is 4.91. The molecule has 6 nitrogen and oxygen atoms in total. The molecule has 7 heteroatoms. The van der Waals surface area contributed by atoms with Gasteiger partial charge in [0.1, 0.15) is 6.04 Å². The number of nitrogens with zero attached hydrogens (tertiary/aromatic N) is 1. The highest BCUT2D eigenvalue weighted by Gasteiger charge is 2.17. The van der Waals surface area contributed by atoms with E-state index in [1.807, 2.05) is 0 Å². The van der Waals surface area contributed by atoms with Gasteiger partial charge in [-0.2, -0.15) is 0 Å². The van der Waals surface area contributed by atoms with Gasteiger partial charge in [0, 0.05) is 29.7 Å². The molecule has 2 N–H and O–H groups in total. The summed E-state index contributed by atoms with van der Waals surface area (Å²) >= 11 is 3.24. The van der Waals surface area contributed by atoms with Crippen molar-refractivity contribution in [2.45, 2.75) is 32.4 Å². The van der Waals surface area contributed by atoms with Crippen LogP contribution in [-0.4, -0.2) is 27.6 Å². The molecule has 0 aliphatic heterocycles. The minimum Gasteiger partial charge on any atom is -0.480 e. The maximum atomic E-state index is 11.6. The van der Waals surface area contributed by atoms with E-state index < -0.39 is 12.0 Å². The van der Waals surface area contributed by atoms with E-state index in [4.69, 9.17) is 5.11 Å². The van der Waals surface area contributed by atoms with Gasteiger partial charge in [-0.1, -0.05) is 6.92 Å². The number of rotatable bonds is 6. The molecule has 1 amide bonds. The van der Waals surface area contributed by atoms with Crippen LogP contribution in [0.1, 0.15) is 19.8 Å². The van der Waals surface area contributed by atoms with Crippen molar-refractivity contribution in [2.75, 3.05) is 0 Å². The first kappa shape index (κ1) is 15.4. The third-order valence-corrected chi connectivity index (χ3v) is 3.04. The number of carbonyl (C=O) groups is 2. The molecule has 1 aromatic rings. The molecular weight excluding hydrogens is 316 g/mol. The van der Waals surface area contributed by atoms with Crippen LogP contribution < -0.4 is 10.9 Å². The first-order valence-electron chi connectivity index (χ1n) is 5.82. The summed E-state index contributed by atoms with van der Waals surface area (Å²) in [5.41, 5.74) is -0.207. The fraction of sp³-hybridized carbons (Fsp3) is 0.417. The van der Waals surface area contributed by atoms with E-state index in [0.29, 0.717) is 6.42 Å². The zero-order valence-electron chi connectivity index (χ0n) is 10.4. The molecule has 1 unspecified atom stereocenters. The molecule has 1 rings (SSSR count). The monoisotopic (exact) mass is 330 g/mol. The summed E-state index contributed by atoms with van der Waals surface area (Å²) in [5.74, 6) is -1.45. The van der Waals surface area contributed by atoms with Gasteiger partial charge < -0.3 is 15.0 Å². The highest BCUT2D eigenvalue weighted by molar-refractivity contribution is 9.10. The SMILES string of the molecule is CCC(NC(=O)CCn1cc(Br)ccc1=O)C(=O)O. The molecule has 104 valence electrons. The summed E-state index contributed by atoms with van der Waals surface area (Å²) in [6.07, 6.45) is 1.96. The van der Waals surface area contributed by atoms with Crippen LogP contribution in [0.4, 0.5) is 0 Å². The van der Waals surface area contributed by atoms with Gasteiger partial charge in [-0.3, -0.25) is 9.59 Å². The lowest BCUT2D eigenvalue weighted by atomic mass is 10.2. The second kappa shape index (κ2) is 7.08. The van der Waals surface area contributed by atoms with Crippen LogP contribution in [0.25, 0.3) is 0 Å². The molecule has 0 fully saturated rings. The molecule has 0 spiro atoms. The molecule has 1 atom stereocenters. The van der Waals surface area contributed by atoms with Crippen LogP contribution >= 0.6 is 15.9 Å². The fourth-order valence-corrected chi connectivity index (χ4v) is 1.88. The van der Waals surface area contributed by atoms with Crippen molar-refractivity contribution in [3.05, 3.63) is 33.2 Å². The van der Waals surface area contributed by atoms with E-state index in [2.05, 4.69) is 21.2 Å². The Labute approximate surface area is 118 Å². The standard InChI is InChI=1S/C12H15BrN2O4/c1-2-9(12(18)19)14-10(16)5-6-15-7-8(13)3-4-11(15)17/h3-4,7,9H,2,5-6H2,1H3,(H,14,16)(H,18,19). The Bertz CT molecular complexity index is 527. The van der Waals surface area contributed by atoms with Crippen molar-refractivity contribution in [1.29, 1.82) is 0 Å². The molecule has 1 aromatic heterocycles. The average Bonchev–Trinajstić information content (AvgIpc) is 2.36. The lowest BCUT2D eigenvalue weighted by Gasteiger charge is -2.12. The summed E-state index contributed by atoms with van der Waals surface area (Å²) < 4.78 is 2.13. The van der Waals surface area contributed by atoms with Crippen molar-refractivity contribution < 1.29 is 14.7 Å². The summed E-state index contributed by atoms with van der Waals surface area (Å²) in [7, 11) is 0. The molecule has 0 saturated carbocycles. The van der Waals surface area contributed by atoms with Gasteiger partial charge in [0.25, 0.3) is 5.56 Å². The number of aromatic nitrogens is 1. The molecule has 0 saturated heterocycles. The Morgan fingerprint density at radius 2 is 2.16 bits per heavy atom. The van der Waals surface area contributed by atoms with Gasteiger partial charge in [-0.15, -0.1) is 0 Å². The van der Waals surface area contributed by atoms with Crippen molar-refractivity contribution in [1.82, 2.24) is 9.88 Å².